The lowest BCUT2D eigenvalue weighted by molar-refractivity contribution is -0.118. The van der Waals surface area contributed by atoms with Crippen LogP contribution in [0.2, 0.25) is 0 Å². The molecule has 0 aliphatic heterocycles. The van der Waals surface area contributed by atoms with Crippen molar-refractivity contribution in [2.75, 3.05) is 0 Å². The van der Waals surface area contributed by atoms with Gasteiger partial charge in [-0.05, 0) is 6.92 Å². The monoisotopic (exact) mass is 97.1 g/mol. The van der Waals surface area contributed by atoms with E-state index in [1.807, 2.05) is 13.0 Å². The van der Waals surface area contributed by atoms with Gasteiger partial charge in [-0.3, -0.25) is 4.79 Å². The first kappa shape index (κ1) is 4.37. The Morgan fingerprint density at radius 1 is 2.00 bits per heavy atom. The highest BCUT2D eigenvalue weighted by Gasteiger charge is 2.24. The minimum atomic E-state index is -0.225. The molecule has 2 nitrogen and oxygen atoms in total. The third-order valence-electron chi connectivity index (χ3n) is 1.12. The smallest absolute Gasteiger partial charge is 0.228 e. The van der Waals surface area contributed by atoms with E-state index in [0.717, 1.165) is 5.57 Å². The Balaban J connectivity index is 2.39. The molecule has 0 aromatic rings. The summed E-state index contributed by atoms with van der Waals surface area (Å²) in [5.74, 6) is -0.225. The van der Waals surface area contributed by atoms with E-state index in [4.69, 9.17) is 5.73 Å². The lowest BCUT2D eigenvalue weighted by Crippen LogP contribution is -2.14. The van der Waals surface area contributed by atoms with E-state index in [-0.39, 0.29) is 11.8 Å². The van der Waals surface area contributed by atoms with Crippen molar-refractivity contribution >= 4 is 5.91 Å². The van der Waals surface area contributed by atoms with Gasteiger partial charge in [0.25, 0.3) is 0 Å². The number of primary amides is 1. The molecule has 1 aliphatic rings. The molecule has 38 valence electrons. The van der Waals surface area contributed by atoms with Crippen LogP contribution in [0.4, 0.5) is 0 Å². The maximum absolute atomic E-state index is 10.1. The standard InChI is InChI=1S/C5H7NO/c1-3-2-4(3)5(6)7/h2,4H,1H3,(H2,6,7). The van der Waals surface area contributed by atoms with E-state index in [9.17, 15) is 4.79 Å². The molecule has 2 N–H and O–H groups in total. The summed E-state index contributed by atoms with van der Waals surface area (Å²) in [5, 5.41) is 0. The second-order valence-electron chi connectivity index (χ2n) is 1.79. The first-order valence-corrected chi connectivity index (χ1v) is 2.19. The summed E-state index contributed by atoms with van der Waals surface area (Å²) in [4.78, 5) is 10.1. The van der Waals surface area contributed by atoms with E-state index >= 15 is 0 Å². The highest BCUT2D eigenvalue weighted by molar-refractivity contribution is 5.86. The summed E-state index contributed by atoms with van der Waals surface area (Å²) in [7, 11) is 0. The fraction of sp³-hybridized carbons (Fsp3) is 0.400. The third kappa shape index (κ3) is 0.633. The number of amides is 1. The van der Waals surface area contributed by atoms with Crippen molar-refractivity contribution in [1.29, 1.82) is 0 Å². The van der Waals surface area contributed by atoms with Gasteiger partial charge >= 0.3 is 0 Å². The molecule has 2 heteroatoms. The van der Waals surface area contributed by atoms with E-state index in [1.54, 1.807) is 0 Å². The summed E-state index contributed by atoms with van der Waals surface area (Å²) in [6, 6.07) is 0. The minimum absolute atomic E-state index is 0.000000000000000222. The molecule has 0 bridgehead atoms. The molecule has 1 amide bonds. The Morgan fingerprint density at radius 3 is 2.43 bits per heavy atom. The fourth-order valence-electron chi connectivity index (χ4n) is 0.521. The van der Waals surface area contributed by atoms with E-state index < -0.39 is 0 Å². The summed E-state index contributed by atoms with van der Waals surface area (Å²) in [6.07, 6.45) is 1.85. The number of hydrogen-bond acceptors (Lipinski definition) is 1. The van der Waals surface area contributed by atoms with Crippen molar-refractivity contribution in [3.05, 3.63) is 11.6 Å². The van der Waals surface area contributed by atoms with Crippen LogP contribution in [0.3, 0.4) is 0 Å². The molecule has 7 heavy (non-hydrogen) atoms. The molecular weight excluding hydrogens is 90.1 g/mol. The van der Waals surface area contributed by atoms with Gasteiger partial charge in [0.15, 0.2) is 0 Å². The van der Waals surface area contributed by atoms with E-state index in [1.165, 1.54) is 0 Å². The highest BCUT2D eigenvalue weighted by Crippen LogP contribution is 2.26. The molecule has 1 aliphatic carbocycles. The molecule has 0 heterocycles. The summed E-state index contributed by atoms with van der Waals surface area (Å²) < 4.78 is 0. The molecule has 0 saturated carbocycles. The third-order valence-corrected chi connectivity index (χ3v) is 1.12. The minimum Gasteiger partial charge on any atom is -0.369 e. The molecule has 0 fully saturated rings. The topological polar surface area (TPSA) is 43.1 Å². The van der Waals surface area contributed by atoms with Crippen LogP contribution in [0.15, 0.2) is 11.6 Å². The molecule has 1 rings (SSSR count). The Bertz CT molecular complexity index is 137. The van der Waals surface area contributed by atoms with Crippen LogP contribution in [0.25, 0.3) is 0 Å². The second-order valence-corrected chi connectivity index (χ2v) is 1.79. The zero-order chi connectivity index (χ0) is 5.44. The largest absolute Gasteiger partial charge is 0.369 e. The van der Waals surface area contributed by atoms with Crippen LogP contribution in [-0.4, -0.2) is 5.91 Å². The fourth-order valence-corrected chi connectivity index (χ4v) is 0.521. The van der Waals surface area contributed by atoms with Gasteiger partial charge in [0, 0.05) is 0 Å². The van der Waals surface area contributed by atoms with E-state index in [0.29, 0.717) is 0 Å². The van der Waals surface area contributed by atoms with Gasteiger partial charge < -0.3 is 5.73 Å². The number of carbonyl (C=O) groups excluding carboxylic acids is 1. The molecule has 1 atom stereocenters. The van der Waals surface area contributed by atoms with Crippen LogP contribution in [0, 0.1) is 5.92 Å². The molecule has 0 aromatic heterocycles. The average molecular weight is 97.1 g/mol. The zero-order valence-corrected chi connectivity index (χ0v) is 4.14. The van der Waals surface area contributed by atoms with Crippen molar-refractivity contribution < 1.29 is 4.79 Å². The number of carbonyl (C=O) groups is 1. The average Bonchev–Trinajstić information content (AvgIpc) is 2.17. The molecular formula is C5H7NO. The first-order valence-electron chi connectivity index (χ1n) is 2.19. The lowest BCUT2D eigenvalue weighted by atomic mass is 10.3. The lowest BCUT2D eigenvalue weighted by Gasteiger charge is -1.83. The van der Waals surface area contributed by atoms with E-state index in [2.05, 4.69) is 0 Å². The number of nitrogens with two attached hydrogens (primary N) is 1. The quantitative estimate of drug-likeness (QED) is 0.461. The van der Waals surface area contributed by atoms with Crippen molar-refractivity contribution in [3.8, 4) is 0 Å². The van der Waals surface area contributed by atoms with Crippen molar-refractivity contribution in [2.24, 2.45) is 11.7 Å². The van der Waals surface area contributed by atoms with Crippen LogP contribution >= 0.6 is 0 Å². The molecule has 1 unspecified atom stereocenters. The van der Waals surface area contributed by atoms with Crippen molar-refractivity contribution in [2.45, 2.75) is 6.92 Å². The predicted molar refractivity (Wildman–Crippen MR) is 26.4 cm³/mol. The molecule has 0 saturated heterocycles. The SMILES string of the molecule is CC1=CC1C(N)=O. The molecule has 0 aromatic carbocycles. The Hall–Kier alpha value is -0.790. The van der Waals surface area contributed by atoms with Gasteiger partial charge in [-0.15, -0.1) is 0 Å². The zero-order valence-electron chi connectivity index (χ0n) is 4.14. The van der Waals surface area contributed by atoms with Crippen LogP contribution in [0.1, 0.15) is 6.92 Å². The van der Waals surface area contributed by atoms with Gasteiger partial charge in [-0.25, -0.2) is 0 Å². The normalized spacial score (nSPS) is 26.4. The Morgan fingerprint density at radius 2 is 2.43 bits per heavy atom. The summed E-state index contributed by atoms with van der Waals surface area (Å²) in [5.41, 5.74) is 6.00. The van der Waals surface area contributed by atoms with Gasteiger partial charge in [-0.2, -0.15) is 0 Å². The maximum atomic E-state index is 10.1. The summed E-state index contributed by atoms with van der Waals surface area (Å²) in [6.45, 7) is 1.90. The number of rotatable bonds is 1. The summed E-state index contributed by atoms with van der Waals surface area (Å²) >= 11 is 0. The maximum Gasteiger partial charge on any atom is 0.228 e. The molecule has 0 radical (unpaired) electrons. The van der Waals surface area contributed by atoms with Crippen LogP contribution in [-0.2, 0) is 4.79 Å². The van der Waals surface area contributed by atoms with Crippen molar-refractivity contribution in [3.63, 3.8) is 0 Å². The van der Waals surface area contributed by atoms with Crippen LogP contribution in [0.5, 0.6) is 0 Å². The molecule has 0 spiro atoms. The van der Waals surface area contributed by atoms with Gasteiger partial charge in [0.1, 0.15) is 0 Å². The van der Waals surface area contributed by atoms with Gasteiger partial charge in [0.05, 0.1) is 5.92 Å². The van der Waals surface area contributed by atoms with Crippen molar-refractivity contribution in [1.82, 2.24) is 0 Å². The second kappa shape index (κ2) is 1.09. The first-order chi connectivity index (χ1) is 3.22. The Kier molecular flexibility index (Phi) is 0.680. The Labute approximate surface area is 42.0 Å². The number of hydrogen-bond donors (Lipinski definition) is 1. The highest BCUT2D eigenvalue weighted by atomic mass is 16.1. The van der Waals surface area contributed by atoms with Crippen LogP contribution < -0.4 is 5.73 Å². The van der Waals surface area contributed by atoms with Gasteiger partial charge in [0.2, 0.25) is 5.91 Å². The van der Waals surface area contributed by atoms with Gasteiger partial charge in [-0.1, -0.05) is 11.6 Å². The predicted octanol–water partition coefficient (Wildman–Crippen LogP) is 0.0478.